The zero-order valence-corrected chi connectivity index (χ0v) is 16.4. The summed E-state index contributed by atoms with van der Waals surface area (Å²) in [6, 6.07) is 9.80. The topological polar surface area (TPSA) is 99.0 Å². The Bertz CT molecular complexity index is 1110. The molecule has 1 fully saturated rings. The highest BCUT2D eigenvalue weighted by atomic mass is 15.3. The van der Waals surface area contributed by atoms with Gasteiger partial charge in [0.2, 0.25) is 0 Å². The van der Waals surface area contributed by atoms with E-state index in [1.165, 1.54) is 32.0 Å². The number of fused-ring (bicyclic) bond motifs is 1. The van der Waals surface area contributed by atoms with Gasteiger partial charge in [0.15, 0.2) is 5.65 Å². The van der Waals surface area contributed by atoms with Crippen LogP contribution in [-0.4, -0.2) is 29.4 Å². The van der Waals surface area contributed by atoms with E-state index in [0.717, 1.165) is 34.3 Å². The lowest BCUT2D eigenvalue weighted by Crippen LogP contribution is -2.10. The Morgan fingerprint density at radius 1 is 1.10 bits per heavy atom. The van der Waals surface area contributed by atoms with Crippen molar-refractivity contribution in [2.45, 2.75) is 38.5 Å². The van der Waals surface area contributed by atoms with E-state index in [9.17, 15) is 0 Å². The third kappa shape index (κ3) is 3.53. The van der Waals surface area contributed by atoms with E-state index < -0.39 is 0 Å². The maximum atomic E-state index is 6.05. The Morgan fingerprint density at radius 3 is 2.62 bits per heavy atom. The van der Waals surface area contributed by atoms with Crippen LogP contribution in [0.2, 0.25) is 0 Å². The lowest BCUT2D eigenvalue weighted by molar-refractivity contribution is 0.344. The van der Waals surface area contributed by atoms with Gasteiger partial charge in [-0.05, 0) is 43.0 Å². The molecule has 3 heterocycles. The van der Waals surface area contributed by atoms with Crippen molar-refractivity contribution < 1.29 is 0 Å². The van der Waals surface area contributed by atoms with Crippen molar-refractivity contribution in [1.82, 2.24) is 29.4 Å². The van der Waals surface area contributed by atoms with Crippen molar-refractivity contribution in [1.29, 1.82) is 0 Å². The average Bonchev–Trinajstić information content (AvgIpc) is 3.39. The number of imidazole rings is 1. The number of hydrogen-bond donors (Lipinski definition) is 2. The molecule has 1 aliphatic carbocycles. The van der Waals surface area contributed by atoms with E-state index in [1.807, 2.05) is 36.5 Å². The Balaban J connectivity index is 1.43. The van der Waals surface area contributed by atoms with Gasteiger partial charge in [0.25, 0.3) is 0 Å². The van der Waals surface area contributed by atoms with Crippen molar-refractivity contribution >= 4 is 22.8 Å². The SMILES string of the molecule is C[C@H]1CC[C@H](c2cn3nc(N)cc(Nc4ccc(-n5cncn5)cc4)c3n2)CC1. The highest BCUT2D eigenvalue weighted by molar-refractivity contribution is 5.76. The van der Waals surface area contributed by atoms with Crippen molar-refractivity contribution in [3.63, 3.8) is 0 Å². The summed E-state index contributed by atoms with van der Waals surface area (Å²) in [5.41, 5.74) is 10.7. The molecule has 3 aromatic heterocycles. The Morgan fingerprint density at radius 2 is 1.90 bits per heavy atom. The summed E-state index contributed by atoms with van der Waals surface area (Å²) >= 11 is 0. The number of anilines is 3. The second kappa shape index (κ2) is 7.20. The van der Waals surface area contributed by atoms with Crippen molar-refractivity contribution in [2.75, 3.05) is 11.1 Å². The molecule has 0 atom stereocenters. The molecule has 0 radical (unpaired) electrons. The molecule has 0 amide bonds. The van der Waals surface area contributed by atoms with Crippen LogP contribution in [0.15, 0.2) is 49.2 Å². The minimum atomic E-state index is 0.459. The van der Waals surface area contributed by atoms with Gasteiger partial charge in [0.1, 0.15) is 18.5 Å². The minimum Gasteiger partial charge on any atom is -0.382 e. The van der Waals surface area contributed by atoms with Gasteiger partial charge in [0, 0.05) is 17.7 Å². The molecule has 8 nitrogen and oxygen atoms in total. The smallest absolute Gasteiger partial charge is 0.177 e. The fourth-order valence-corrected chi connectivity index (χ4v) is 4.05. The maximum Gasteiger partial charge on any atom is 0.177 e. The fourth-order valence-electron chi connectivity index (χ4n) is 4.05. The van der Waals surface area contributed by atoms with Gasteiger partial charge in [-0.2, -0.15) is 5.10 Å². The molecule has 148 valence electrons. The van der Waals surface area contributed by atoms with Crippen LogP contribution in [0.5, 0.6) is 0 Å². The molecular formula is C21H24N8. The molecule has 3 N–H and O–H groups in total. The van der Waals surface area contributed by atoms with Crippen LogP contribution in [-0.2, 0) is 0 Å². The summed E-state index contributed by atoms with van der Waals surface area (Å²) in [6.07, 6.45) is 10.1. The number of hydrogen-bond acceptors (Lipinski definition) is 6. The summed E-state index contributed by atoms with van der Waals surface area (Å²) in [7, 11) is 0. The van der Waals surface area contributed by atoms with Gasteiger partial charge in [-0.1, -0.05) is 19.8 Å². The zero-order chi connectivity index (χ0) is 19.8. The van der Waals surface area contributed by atoms with Gasteiger partial charge in [-0.25, -0.2) is 19.2 Å². The Kier molecular flexibility index (Phi) is 4.38. The molecule has 1 saturated carbocycles. The van der Waals surface area contributed by atoms with Crippen LogP contribution in [0.3, 0.4) is 0 Å². The van der Waals surface area contributed by atoms with Crippen LogP contribution in [0, 0.1) is 5.92 Å². The van der Waals surface area contributed by atoms with Crippen LogP contribution >= 0.6 is 0 Å². The average molecular weight is 388 g/mol. The molecule has 1 aromatic carbocycles. The molecule has 0 aliphatic heterocycles. The first-order valence-corrected chi connectivity index (χ1v) is 10.0. The van der Waals surface area contributed by atoms with Crippen LogP contribution in [0.25, 0.3) is 11.3 Å². The summed E-state index contributed by atoms with van der Waals surface area (Å²) in [6.45, 7) is 2.33. The minimum absolute atomic E-state index is 0.459. The Hall–Kier alpha value is -3.42. The van der Waals surface area contributed by atoms with Gasteiger partial charge in [0.05, 0.1) is 23.3 Å². The normalized spacial score (nSPS) is 19.5. The quantitative estimate of drug-likeness (QED) is 0.550. The number of nitrogens with one attached hydrogen (secondary N) is 1. The van der Waals surface area contributed by atoms with E-state index in [4.69, 9.17) is 10.7 Å². The predicted octanol–water partition coefficient (Wildman–Crippen LogP) is 3.93. The summed E-state index contributed by atoms with van der Waals surface area (Å²) in [4.78, 5) is 8.90. The molecular weight excluding hydrogens is 364 g/mol. The standard InChI is InChI=1S/C21H24N8/c1-14-2-4-15(5-3-14)19-11-28-21(26-19)18(10-20(22)27-28)25-16-6-8-17(9-7-16)29-13-23-12-24-29/h6-15,25H,2-5H2,1H3,(H2,22,27)/t14-,15-. The number of nitrogens with zero attached hydrogens (tertiary/aromatic N) is 6. The number of nitrogen functional groups attached to an aromatic ring is 1. The van der Waals surface area contributed by atoms with Crippen molar-refractivity contribution in [3.8, 4) is 5.69 Å². The number of rotatable bonds is 4. The van der Waals surface area contributed by atoms with Crippen molar-refractivity contribution in [3.05, 3.63) is 54.9 Å². The molecule has 0 bridgehead atoms. The van der Waals surface area contributed by atoms with E-state index in [0.29, 0.717) is 11.7 Å². The van der Waals surface area contributed by atoms with E-state index in [-0.39, 0.29) is 0 Å². The molecule has 0 saturated heterocycles. The summed E-state index contributed by atoms with van der Waals surface area (Å²) < 4.78 is 3.52. The van der Waals surface area contributed by atoms with Crippen molar-refractivity contribution in [2.24, 2.45) is 5.92 Å². The first-order chi connectivity index (χ1) is 14.2. The zero-order valence-electron chi connectivity index (χ0n) is 16.4. The molecule has 29 heavy (non-hydrogen) atoms. The first kappa shape index (κ1) is 17.7. The molecule has 4 aromatic rings. The maximum absolute atomic E-state index is 6.05. The molecule has 8 heteroatoms. The molecule has 0 unspecified atom stereocenters. The number of nitrogens with two attached hydrogens (primary N) is 1. The summed E-state index contributed by atoms with van der Waals surface area (Å²) in [5.74, 6) is 1.78. The lowest BCUT2D eigenvalue weighted by Gasteiger charge is -2.24. The van der Waals surface area contributed by atoms with E-state index >= 15 is 0 Å². The monoisotopic (exact) mass is 388 g/mol. The molecule has 5 rings (SSSR count). The number of benzene rings is 1. The molecule has 0 spiro atoms. The lowest BCUT2D eigenvalue weighted by atomic mass is 9.82. The predicted molar refractivity (Wildman–Crippen MR) is 112 cm³/mol. The molecule has 1 aliphatic rings. The Labute approximate surface area is 168 Å². The van der Waals surface area contributed by atoms with Crippen LogP contribution in [0.1, 0.15) is 44.2 Å². The van der Waals surface area contributed by atoms with Gasteiger partial charge >= 0.3 is 0 Å². The van der Waals surface area contributed by atoms with E-state index in [1.54, 1.807) is 15.5 Å². The highest BCUT2D eigenvalue weighted by Gasteiger charge is 2.23. The van der Waals surface area contributed by atoms with Gasteiger partial charge < -0.3 is 11.1 Å². The summed E-state index contributed by atoms with van der Waals surface area (Å²) in [5, 5.41) is 12.0. The third-order valence-corrected chi connectivity index (χ3v) is 5.73. The number of aromatic nitrogens is 6. The van der Waals surface area contributed by atoms with Gasteiger partial charge in [-0.3, -0.25) is 0 Å². The van der Waals surface area contributed by atoms with Gasteiger partial charge in [-0.15, -0.1) is 5.10 Å². The van der Waals surface area contributed by atoms with Crippen LogP contribution < -0.4 is 11.1 Å². The van der Waals surface area contributed by atoms with Crippen LogP contribution in [0.4, 0.5) is 17.2 Å². The largest absolute Gasteiger partial charge is 0.382 e. The third-order valence-electron chi connectivity index (χ3n) is 5.73. The fraction of sp³-hybridized carbons (Fsp3) is 0.333. The first-order valence-electron chi connectivity index (χ1n) is 10.0. The second-order valence-corrected chi connectivity index (χ2v) is 7.89. The van der Waals surface area contributed by atoms with E-state index in [2.05, 4.69) is 27.4 Å². The second-order valence-electron chi connectivity index (χ2n) is 7.89. The highest BCUT2D eigenvalue weighted by Crippen LogP contribution is 2.36.